The van der Waals surface area contributed by atoms with E-state index in [4.69, 9.17) is 0 Å². The summed E-state index contributed by atoms with van der Waals surface area (Å²) in [4.78, 5) is 0. The van der Waals surface area contributed by atoms with Crippen LogP contribution in [0.1, 0.15) is 18.5 Å². The fourth-order valence-electron chi connectivity index (χ4n) is 1.62. The quantitative estimate of drug-likeness (QED) is 0.862. The number of hydrogen-bond donors (Lipinski definition) is 1. The molecule has 0 heterocycles. The van der Waals surface area contributed by atoms with Crippen molar-refractivity contribution in [3.8, 4) is 0 Å². The molecule has 2 aromatic rings. The van der Waals surface area contributed by atoms with Crippen LogP contribution in [0.2, 0.25) is 0 Å². The van der Waals surface area contributed by atoms with Gasteiger partial charge in [0, 0.05) is 16.2 Å². The maximum atomic E-state index is 3.46. The Morgan fingerprint density at radius 3 is 2.19 bits per heavy atom. The Hall–Kier alpha value is -1.28. The third kappa shape index (κ3) is 2.86. The molecule has 1 N–H and O–H groups in total. The van der Waals surface area contributed by atoms with Crippen molar-refractivity contribution in [2.24, 2.45) is 0 Å². The molecule has 2 rings (SSSR count). The van der Waals surface area contributed by atoms with Gasteiger partial charge in [-0.15, -0.1) is 0 Å². The van der Waals surface area contributed by atoms with E-state index in [1.165, 1.54) is 5.56 Å². The summed E-state index contributed by atoms with van der Waals surface area (Å²) in [5.74, 6) is 0. The van der Waals surface area contributed by atoms with Crippen LogP contribution in [0.3, 0.4) is 0 Å². The van der Waals surface area contributed by atoms with Crippen LogP contribution in [0.15, 0.2) is 59.1 Å². The van der Waals surface area contributed by atoms with Gasteiger partial charge in [-0.25, -0.2) is 0 Å². The lowest BCUT2D eigenvalue weighted by molar-refractivity contribution is 0.885. The monoisotopic (exact) mass is 275 g/mol. The summed E-state index contributed by atoms with van der Waals surface area (Å²) >= 11 is 3.43. The molecule has 16 heavy (non-hydrogen) atoms. The van der Waals surface area contributed by atoms with Crippen molar-refractivity contribution < 1.29 is 0 Å². The Morgan fingerprint density at radius 2 is 1.56 bits per heavy atom. The molecule has 0 amide bonds. The number of anilines is 1. The second-order valence-corrected chi connectivity index (χ2v) is 4.70. The second kappa shape index (κ2) is 5.17. The van der Waals surface area contributed by atoms with Gasteiger partial charge in [0.15, 0.2) is 0 Å². The minimum Gasteiger partial charge on any atom is -0.379 e. The maximum Gasteiger partial charge on any atom is 0.0485 e. The van der Waals surface area contributed by atoms with Gasteiger partial charge in [0.2, 0.25) is 0 Å². The van der Waals surface area contributed by atoms with Gasteiger partial charge < -0.3 is 5.32 Å². The van der Waals surface area contributed by atoms with Gasteiger partial charge in [-0.2, -0.15) is 0 Å². The van der Waals surface area contributed by atoms with Crippen molar-refractivity contribution in [2.45, 2.75) is 13.0 Å². The summed E-state index contributed by atoms with van der Waals surface area (Å²) in [5, 5.41) is 3.46. The van der Waals surface area contributed by atoms with Crippen LogP contribution < -0.4 is 5.32 Å². The van der Waals surface area contributed by atoms with E-state index in [2.05, 4.69) is 64.6 Å². The predicted octanol–water partition coefficient (Wildman–Crippen LogP) is 4.62. The van der Waals surface area contributed by atoms with E-state index < -0.39 is 0 Å². The number of halogens is 1. The first-order valence-corrected chi connectivity index (χ1v) is 6.12. The molecular weight excluding hydrogens is 262 g/mol. The van der Waals surface area contributed by atoms with Crippen molar-refractivity contribution in [2.75, 3.05) is 5.32 Å². The molecule has 82 valence electrons. The average molecular weight is 276 g/mol. The van der Waals surface area contributed by atoms with E-state index in [-0.39, 0.29) is 0 Å². The van der Waals surface area contributed by atoms with Gasteiger partial charge in [0.25, 0.3) is 0 Å². The largest absolute Gasteiger partial charge is 0.379 e. The van der Waals surface area contributed by atoms with E-state index in [0.717, 1.165) is 10.2 Å². The van der Waals surface area contributed by atoms with Crippen LogP contribution in [-0.4, -0.2) is 0 Å². The van der Waals surface area contributed by atoms with E-state index in [1.807, 2.05) is 18.2 Å². The third-order valence-electron chi connectivity index (χ3n) is 2.53. The lowest BCUT2D eigenvalue weighted by atomic mass is 10.1. The number of benzene rings is 2. The Labute approximate surface area is 105 Å². The smallest absolute Gasteiger partial charge is 0.0485 e. The molecule has 0 aliphatic heterocycles. The lowest BCUT2D eigenvalue weighted by Gasteiger charge is -2.15. The van der Waals surface area contributed by atoms with Crippen LogP contribution in [-0.2, 0) is 0 Å². The first kappa shape index (κ1) is 11.2. The zero-order valence-corrected chi connectivity index (χ0v) is 10.7. The highest BCUT2D eigenvalue weighted by molar-refractivity contribution is 9.10. The fraction of sp³-hybridized carbons (Fsp3) is 0.143. The van der Waals surface area contributed by atoms with Gasteiger partial charge in [-0.05, 0) is 36.8 Å². The SMILES string of the molecule is C[C@@H](Nc1ccc(Br)cc1)c1ccccc1. The van der Waals surface area contributed by atoms with Crippen molar-refractivity contribution in [3.05, 3.63) is 64.6 Å². The minimum absolute atomic E-state index is 0.322. The highest BCUT2D eigenvalue weighted by Gasteiger charge is 2.03. The molecule has 2 heteroatoms. The molecular formula is C14H14BrN. The third-order valence-corrected chi connectivity index (χ3v) is 3.06. The molecule has 0 spiro atoms. The summed E-state index contributed by atoms with van der Waals surface area (Å²) in [6, 6.07) is 19.0. The van der Waals surface area contributed by atoms with E-state index in [9.17, 15) is 0 Å². The molecule has 1 atom stereocenters. The summed E-state index contributed by atoms with van der Waals surface area (Å²) in [6.07, 6.45) is 0. The molecule has 0 saturated carbocycles. The van der Waals surface area contributed by atoms with Crippen LogP contribution in [0.4, 0.5) is 5.69 Å². The van der Waals surface area contributed by atoms with E-state index >= 15 is 0 Å². The topological polar surface area (TPSA) is 12.0 Å². The van der Waals surface area contributed by atoms with Gasteiger partial charge >= 0.3 is 0 Å². The molecule has 0 bridgehead atoms. The molecule has 0 aliphatic carbocycles. The normalized spacial score (nSPS) is 12.1. The number of hydrogen-bond acceptors (Lipinski definition) is 1. The molecule has 0 fully saturated rings. The highest BCUT2D eigenvalue weighted by atomic mass is 79.9. The Morgan fingerprint density at radius 1 is 0.938 bits per heavy atom. The van der Waals surface area contributed by atoms with Crippen LogP contribution in [0.5, 0.6) is 0 Å². The first-order valence-electron chi connectivity index (χ1n) is 5.33. The van der Waals surface area contributed by atoms with Crippen LogP contribution in [0, 0.1) is 0 Å². The maximum absolute atomic E-state index is 3.46. The molecule has 1 nitrogen and oxygen atoms in total. The fourth-order valence-corrected chi connectivity index (χ4v) is 1.89. The molecule has 0 aromatic heterocycles. The first-order chi connectivity index (χ1) is 7.75. The van der Waals surface area contributed by atoms with Crippen LogP contribution in [0.25, 0.3) is 0 Å². The second-order valence-electron chi connectivity index (χ2n) is 3.78. The van der Waals surface area contributed by atoms with Gasteiger partial charge in [0.05, 0.1) is 0 Å². The van der Waals surface area contributed by atoms with Gasteiger partial charge in [-0.1, -0.05) is 46.3 Å². The molecule has 0 aliphatic rings. The predicted molar refractivity (Wildman–Crippen MR) is 72.6 cm³/mol. The summed E-state index contributed by atoms with van der Waals surface area (Å²) in [6.45, 7) is 2.16. The summed E-state index contributed by atoms with van der Waals surface area (Å²) < 4.78 is 1.10. The molecule has 2 aromatic carbocycles. The zero-order valence-electron chi connectivity index (χ0n) is 9.15. The van der Waals surface area contributed by atoms with Crippen molar-refractivity contribution in [3.63, 3.8) is 0 Å². The zero-order chi connectivity index (χ0) is 11.4. The molecule has 0 unspecified atom stereocenters. The highest BCUT2D eigenvalue weighted by Crippen LogP contribution is 2.20. The Bertz CT molecular complexity index is 436. The summed E-state index contributed by atoms with van der Waals surface area (Å²) in [7, 11) is 0. The average Bonchev–Trinajstić information content (AvgIpc) is 2.33. The van der Waals surface area contributed by atoms with E-state index in [0.29, 0.717) is 6.04 Å². The van der Waals surface area contributed by atoms with Crippen molar-refractivity contribution in [1.29, 1.82) is 0 Å². The molecule has 0 radical (unpaired) electrons. The van der Waals surface area contributed by atoms with Crippen molar-refractivity contribution in [1.82, 2.24) is 0 Å². The summed E-state index contributed by atoms with van der Waals surface area (Å²) in [5.41, 5.74) is 2.44. The number of rotatable bonds is 3. The Balaban J connectivity index is 2.08. The van der Waals surface area contributed by atoms with Crippen molar-refractivity contribution >= 4 is 21.6 Å². The van der Waals surface area contributed by atoms with Gasteiger partial charge in [0.1, 0.15) is 0 Å². The van der Waals surface area contributed by atoms with Gasteiger partial charge in [-0.3, -0.25) is 0 Å². The minimum atomic E-state index is 0.322. The standard InChI is InChI=1S/C14H14BrN/c1-11(12-5-3-2-4-6-12)16-14-9-7-13(15)8-10-14/h2-11,16H,1H3/t11-/m1/s1. The van der Waals surface area contributed by atoms with E-state index in [1.54, 1.807) is 0 Å². The lowest BCUT2D eigenvalue weighted by Crippen LogP contribution is -2.05. The van der Waals surface area contributed by atoms with Crippen LogP contribution >= 0.6 is 15.9 Å². The Kier molecular flexibility index (Phi) is 3.62. The molecule has 0 saturated heterocycles. The number of nitrogens with one attached hydrogen (secondary N) is 1.